The van der Waals surface area contributed by atoms with E-state index in [9.17, 15) is 4.79 Å². The van der Waals surface area contributed by atoms with E-state index in [1.165, 1.54) is 6.07 Å². The minimum atomic E-state index is -1.65. The van der Waals surface area contributed by atoms with Crippen LogP contribution in [0.1, 0.15) is 15.9 Å². The maximum Gasteiger partial charge on any atom is 0.489 e. The second-order valence-electron chi connectivity index (χ2n) is 3.09. The molecule has 1 aliphatic rings. The molecule has 0 radical (unpaired) electrons. The number of benzene rings is 1. The second-order valence-corrected chi connectivity index (χ2v) is 3.49. The van der Waals surface area contributed by atoms with Crippen LogP contribution in [0.2, 0.25) is 5.02 Å². The lowest BCUT2D eigenvalue weighted by atomic mass is 9.79. The highest BCUT2D eigenvalue weighted by atomic mass is 35.5. The van der Waals surface area contributed by atoms with Crippen LogP contribution in [-0.4, -0.2) is 23.1 Å². The van der Waals surface area contributed by atoms with Gasteiger partial charge < -0.3 is 15.4 Å². The first-order valence-electron chi connectivity index (χ1n) is 4.06. The lowest BCUT2D eigenvalue weighted by Gasteiger charge is -2.04. The van der Waals surface area contributed by atoms with Gasteiger partial charge in [-0.1, -0.05) is 11.6 Å². The van der Waals surface area contributed by atoms with Crippen molar-refractivity contribution in [1.82, 2.24) is 5.32 Å². The average molecular weight is 211 g/mol. The van der Waals surface area contributed by atoms with Gasteiger partial charge in [0.25, 0.3) is 5.91 Å². The maximum atomic E-state index is 11.2. The highest BCUT2D eigenvalue weighted by molar-refractivity contribution is 6.62. The van der Waals surface area contributed by atoms with E-state index in [4.69, 9.17) is 21.6 Å². The summed E-state index contributed by atoms with van der Waals surface area (Å²) in [5.41, 5.74) is 1.39. The fourth-order valence-electron chi connectivity index (χ4n) is 1.46. The van der Waals surface area contributed by atoms with Gasteiger partial charge in [-0.2, -0.15) is 0 Å². The third-order valence-electron chi connectivity index (χ3n) is 2.18. The zero-order valence-corrected chi connectivity index (χ0v) is 7.88. The number of carbonyl (C=O) groups is 1. The Morgan fingerprint density at radius 3 is 2.79 bits per heavy atom. The normalized spacial score (nSPS) is 13.8. The second kappa shape index (κ2) is 3.27. The first-order chi connectivity index (χ1) is 6.59. The summed E-state index contributed by atoms with van der Waals surface area (Å²) < 4.78 is 0. The van der Waals surface area contributed by atoms with Crippen molar-refractivity contribution in [3.8, 4) is 0 Å². The van der Waals surface area contributed by atoms with Gasteiger partial charge >= 0.3 is 7.12 Å². The smallest absolute Gasteiger partial charge is 0.423 e. The first-order valence-corrected chi connectivity index (χ1v) is 4.44. The molecule has 0 unspecified atom stereocenters. The molecular weight excluding hydrogens is 204 g/mol. The van der Waals surface area contributed by atoms with Crippen LogP contribution in [-0.2, 0) is 6.54 Å². The van der Waals surface area contributed by atoms with E-state index in [2.05, 4.69) is 5.32 Å². The van der Waals surface area contributed by atoms with Crippen molar-refractivity contribution >= 4 is 30.1 Å². The number of fused-ring (bicyclic) bond motifs is 1. The number of rotatable bonds is 1. The minimum Gasteiger partial charge on any atom is -0.423 e. The Hall–Kier alpha value is -1.04. The predicted octanol–water partition coefficient (Wildman–Crippen LogP) is -0.737. The number of halogens is 1. The maximum absolute atomic E-state index is 11.2. The highest BCUT2D eigenvalue weighted by Gasteiger charge is 2.24. The lowest BCUT2D eigenvalue weighted by molar-refractivity contribution is 0.0966. The molecule has 0 aliphatic carbocycles. The van der Waals surface area contributed by atoms with Crippen molar-refractivity contribution in [2.45, 2.75) is 6.54 Å². The van der Waals surface area contributed by atoms with E-state index in [0.717, 1.165) is 5.56 Å². The number of hydrogen-bond acceptors (Lipinski definition) is 3. The Kier molecular flexibility index (Phi) is 2.22. The van der Waals surface area contributed by atoms with E-state index in [-0.39, 0.29) is 16.4 Å². The van der Waals surface area contributed by atoms with Crippen molar-refractivity contribution in [3.05, 3.63) is 28.3 Å². The summed E-state index contributed by atoms with van der Waals surface area (Å²) in [7, 11) is -1.65. The number of amides is 1. The Bertz CT molecular complexity index is 408. The van der Waals surface area contributed by atoms with E-state index < -0.39 is 7.12 Å². The largest absolute Gasteiger partial charge is 0.489 e. The van der Waals surface area contributed by atoms with Gasteiger partial charge in [0.2, 0.25) is 0 Å². The fraction of sp³-hybridized carbons (Fsp3) is 0.125. The molecule has 1 amide bonds. The van der Waals surface area contributed by atoms with Gasteiger partial charge in [-0.25, -0.2) is 0 Å². The van der Waals surface area contributed by atoms with Crippen LogP contribution in [0.5, 0.6) is 0 Å². The summed E-state index contributed by atoms with van der Waals surface area (Å²) in [6, 6.07) is 2.98. The number of nitrogens with one attached hydrogen (secondary N) is 1. The fourth-order valence-corrected chi connectivity index (χ4v) is 1.74. The molecule has 0 aromatic heterocycles. The minimum absolute atomic E-state index is 0.155. The van der Waals surface area contributed by atoms with Crippen LogP contribution < -0.4 is 10.8 Å². The average Bonchev–Trinajstić information content (AvgIpc) is 2.46. The van der Waals surface area contributed by atoms with E-state index in [1.807, 2.05) is 0 Å². The van der Waals surface area contributed by atoms with Crippen LogP contribution in [0.15, 0.2) is 12.1 Å². The van der Waals surface area contributed by atoms with Crippen LogP contribution in [0.25, 0.3) is 0 Å². The van der Waals surface area contributed by atoms with Crippen LogP contribution in [0.3, 0.4) is 0 Å². The van der Waals surface area contributed by atoms with Crippen LogP contribution >= 0.6 is 11.6 Å². The Morgan fingerprint density at radius 2 is 2.14 bits per heavy atom. The Labute approximate surface area is 85.7 Å². The molecule has 0 spiro atoms. The zero-order chi connectivity index (χ0) is 10.3. The van der Waals surface area contributed by atoms with E-state index in [1.54, 1.807) is 6.07 Å². The molecule has 14 heavy (non-hydrogen) atoms. The highest BCUT2D eigenvalue weighted by Crippen LogP contribution is 2.18. The van der Waals surface area contributed by atoms with Gasteiger partial charge in [0.1, 0.15) is 0 Å². The monoisotopic (exact) mass is 211 g/mol. The molecule has 4 nitrogen and oxygen atoms in total. The van der Waals surface area contributed by atoms with Gasteiger partial charge in [-0.3, -0.25) is 4.79 Å². The van der Waals surface area contributed by atoms with E-state index >= 15 is 0 Å². The van der Waals surface area contributed by atoms with Crippen LogP contribution in [0, 0.1) is 0 Å². The molecule has 0 bridgehead atoms. The molecule has 0 saturated carbocycles. The molecule has 1 aromatic carbocycles. The van der Waals surface area contributed by atoms with Crippen molar-refractivity contribution in [3.63, 3.8) is 0 Å². The standard InChI is InChI=1S/C8H7BClNO3/c10-7-1-4-3-11-8(12)5(4)2-6(7)9(13)14/h1-2,13-14H,3H2,(H,11,12). The molecule has 1 aliphatic heterocycles. The molecule has 0 atom stereocenters. The Morgan fingerprint density at radius 1 is 1.43 bits per heavy atom. The molecule has 72 valence electrons. The van der Waals surface area contributed by atoms with Gasteiger partial charge in [0.15, 0.2) is 0 Å². The zero-order valence-electron chi connectivity index (χ0n) is 7.12. The topological polar surface area (TPSA) is 69.6 Å². The SMILES string of the molecule is O=C1NCc2cc(Cl)c(B(O)O)cc21. The molecule has 6 heteroatoms. The van der Waals surface area contributed by atoms with E-state index in [0.29, 0.717) is 12.1 Å². The third-order valence-corrected chi connectivity index (χ3v) is 2.51. The van der Waals surface area contributed by atoms with Gasteiger partial charge in [0.05, 0.1) is 0 Å². The van der Waals surface area contributed by atoms with Crippen molar-refractivity contribution in [2.75, 3.05) is 0 Å². The number of hydrogen-bond donors (Lipinski definition) is 3. The molecule has 1 heterocycles. The van der Waals surface area contributed by atoms with Crippen molar-refractivity contribution in [2.24, 2.45) is 0 Å². The van der Waals surface area contributed by atoms with Gasteiger partial charge in [-0.05, 0) is 17.7 Å². The van der Waals surface area contributed by atoms with Crippen LogP contribution in [0.4, 0.5) is 0 Å². The number of carbonyl (C=O) groups excluding carboxylic acids is 1. The first kappa shape index (κ1) is 9.52. The molecule has 2 rings (SSSR count). The summed E-state index contributed by atoms with van der Waals surface area (Å²) in [5.74, 6) is -0.210. The summed E-state index contributed by atoms with van der Waals surface area (Å²) in [6.45, 7) is 0.440. The van der Waals surface area contributed by atoms with Crippen molar-refractivity contribution < 1.29 is 14.8 Å². The summed E-state index contributed by atoms with van der Waals surface area (Å²) >= 11 is 5.79. The predicted molar refractivity (Wildman–Crippen MR) is 52.4 cm³/mol. The summed E-state index contributed by atoms with van der Waals surface area (Å²) in [6.07, 6.45) is 0. The third kappa shape index (κ3) is 1.39. The summed E-state index contributed by atoms with van der Waals surface area (Å²) in [4.78, 5) is 11.2. The molecule has 1 aromatic rings. The lowest BCUT2D eigenvalue weighted by Crippen LogP contribution is -2.31. The molecule has 0 saturated heterocycles. The molecular formula is C8H7BClNO3. The molecule has 3 N–H and O–H groups in total. The van der Waals surface area contributed by atoms with Crippen molar-refractivity contribution in [1.29, 1.82) is 0 Å². The Balaban J connectivity index is 2.57. The van der Waals surface area contributed by atoms with Gasteiger partial charge in [-0.15, -0.1) is 0 Å². The quantitative estimate of drug-likeness (QED) is 0.536. The molecule has 0 fully saturated rings. The summed E-state index contributed by atoms with van der Waals surface area (Å²) in [5, 5.41) is 20.8. The van der Waals surface area contributed by atoms with Gasteiger partial charge in [0, 0.05) is 22.6 Å².